The highest BCUT2D eigenvalue weighted by molar-refractivity contribution is 6.64. The minimum absolute atomic E-state index is 0.302. The molecule has 0 atom stereocenters. The maximum atomic E-state index is 13.6. The highest BCUT2D eigenvalue weighted by atomic mass is 19.1. The third-order valence-electron chi connectivity index (χ3n) is 4.10. The fourth-order valence-corrected chi connectivity index (χ4v) is 2.20. The van der Waals surface area contributed by atoms with E-state index in [1.807, 2.05) is 27.7 Å². The van der Waals surface area contributed by atoms with Crippen molar-refractivity contribution in [2.24, 2.45) is 0 Å². The van der Waals surface area contributed by atoms with Crippen molar-refractivity contribution in [2.75, 3.05) is 0 Å². The molecule has 0 saturated carbocycles. The molecule has 0 N–H and O–H groups in total. The van der Waals surface area contributed by atoms with Crippen molar-refractivity contribution in [1.29, 1.82) is 0 Å². The average molecular weight is 262 g/mol. The lowest BCUT2D eigenvalue weighted by Gasteiger charge is -2.32. The first-order valence-electron chi connectivity index (χ1n) is 6.33. The summed E-state index contributed by atoms with van der Waals surface area (Å²) in [5.74, 6) is -0.302. The van der Waals surface area contributed by atoms with Gasteiger partial charge in [0.2, 0.25) is 0 Å². The minimum Gasteiger partial charge on any atom is -0.465 e. The molecule has 1 aromatic heterocycles. The monoisotopic (exact) mass is 262 g/mol. The Hall–Kier alpha value is -1.33. The van der Waals surface area contributed by atoms with E-state index in [-0.39, 0.29) is 5.82 Å². The molecule has 5 heteroatoms. The average Bonchev–Trinajstić information content (AvgIpc) is 2.84. The van der Waals surface area contributed by atoms with Crippen LogP contribution in [0.4, 0.5) is 4.39 Å². The summed E-state index contributed by atoms with van der Waals surface area (Å²) >= 11 is 0. The molecule has 0 spiro atoms. The molecule has 3 nitrogen and oxygen atoms in total. The molecule has 2 heterocycles. The normalized spacial score (nSPS) is 21.2. The fraction of sp³-hybridized carbons (Fsp3) is 0.429. The van der Waals surface area contributed by atoms with Crippen LogP contribution in [0.15, 0.2) is 28.9 Å². The SMILES string of the molecule is CC1(C)OB(c2ccc(F)c3ccoc23)OC1(C)C. The smallest absolute Gasteiger partial charge is 0.465 e. The molecule has 1 fully saturated rings. The summed E-state index contributed by atoms with van der Waals surface area (Å²) in [7, 11) is -0.542. The van der Waals surface area contributed by atoms with Crippen LogP contribution in [-0.4, -0.2) is 18.3 Å². The number of hydrogen-bond donors (Lipinski definition) is 0. The van der Waals surface area contributed by atoms with Crippen LogP contribution in [0.3, 0.4) is 0 Å². The van der Waals surface area contributed by atoms with Gasteiger partial charge in [-0.25, -0.2) is 4.39 Å². The van der Waals surface area contributed by atoms with Crippen LogP contribution in [0.5, 0.6) is 0 Å². The lowest BCUT2D eigenvalue weighted by molar-refractivity contribution is 0.00578. The zero-order valence-electron chi connectivity index (χ0n) is 11.5. The second-order valence-corrected chi connectivity index (χ2v) is 5.89. The zero-order chi connectivity index (χ0) is 13.8. The molecule has 1 aliphatic heterocycles. The third-order valence-corrected chi connectivity index (χ3v) is 4.10. The van der Waals surface area contributed by atoms with Gasteiger partial charge in [0.1, 0.15) is 11.4 Å². The van der Waals surface area contributed by atoms with E-state index in [4.69, 9.17) is 13.7 Å². The molecule has 19 heavy (non-hydrogen) atoms. The maximum Gasteiger partial charge on any atom is 0.498 e. The summed E-state index contributed by atoms with van der Waals surface area (Å²) < 4.78 is 31.0. The van der Waals surface area contributed by atoms with E-state index in [1.165, 1.54) is 12.3 Å². The first-order chi connectivity index (χ1) is 8.82. The molecule has 3 rings (SSSR count). The molecule has 0 amide bonds. The van der Waals surface area contributed by atoms with E-state index < -0.39 is 18.3 Å². The van der Waals surface area contributed by atoms with Crippen LogP contribution in [-0.2, 0) is 9.31 Å². The van der Waals surface area contributed by atoms with E-state index in [9.17, 15) is 4.39 Å². The standard InChI is InChI=1S/C14H16BFO3/c1-13(2)14(3,4)19-15(18-13)10-5-6-11(16)9-7-8-17-12(9)10/h5-8H,1-4H3. The topological polar surface area (TPSA) is 31.6 Å². The lowest BCUT2D eigenvalue weighted by atomic mass is 9.78. The Bertz CT molecular complexity index is 617. The molecule has 0 unspecified atom stereocenters. The van der Waals surface area contributed by atoms with E-state index in [0.717, 1.165) is 5.46 Å². The summed E-state index contributed by atoms with van der Waals surface area (Å²) in [6.45, 7) is 7.93. The van der Waals surface area contributed by atoms with Gasteiger partial charge in [-0.2, -0.15) is 0 Å². The zero-order valence-corrected chi connectivity index (χ0v) is 11.5. The van der Waals surface area contributed by atoms with Crippen molar-refractivity contribution in [2.45, 2.75) is 38.9 Å². The highest BCUT2D eigenvalue weighted by Gasteiger charge is 2.52. The number of rotatable bonds is 1. The second kappa shape index (κ2) is 3.84. The van der Waals surface area contributed by atoms with Crippen molar-refractivity contribution in [3.8, 4) is 0 Å². The van der Waals surface area contributed by atoms with Gasteiger partial charge < -0.3 is 13.7 Å². The van der Waals surface area contributed by atoms with Gasteiger partial charge in [-0.15, -0.1) is 0 Å². The molecule has 1 aliphatic rings. The summed E-state index contributed by atoms with van der Waals surface area (Å²) in [6.07, 6.45) is 1.47. The van der Waals surface area contributed by atoms with Crippen molar-refractivity contribution >= 4 is 23.6 Å². The van der Waals surface area contributed by atoms with Crippen LogP contribution >= 0.6 is 0 Å². The van der Waals surface area contributed by atoms with E-state index in [1.54, 1.807) is 12.1 Å². The predicted octanol–water partition coefficient (Wildman–Crippen LogP) is 2.87. The Morgan fingerprint density at radius 2 is 1.63 bits per heavy atom. The number of fused-ring (bicyclic) bond motifs is 1. The summed E-state index contributed by atoms with van der Waals surface area (Å²) in [5, 5.41) is 0.451. The van der Waals surface area contributed by atoms with E-state index >= 15 is 0 Å². The maximum absolute atomic E-state index is 13.6. The molecular weight excluding hydrogens is 246 g/mol. The minimum atomic E-state index is -0.542. The van der Waals surface area contributed by atoms with Crippen molar-refractivity contribution in [3.63, 3.8) is 0 Å². The Balaban J connectivity index is 2.08. The van der Waals surface area contributed by atoms with Crippen molar-refractivity contribution < 1.29 is 18.1 Å². The van der Waals surface area contributed by atoms with Crippen molar-refractivity contribution in [3.05, 3.63) is 30.3 Å². The van der Waals surface area contributed by atoms with Gasteiger partial charge in [-0.3, -0.25) is 0 Å². The van der Waals surface area contributed by atoms with Gasteiger partial charge in [0.25, 0.3) is 0 Å². The van der Waals surface area contributed by atoms with Crippen LogP contribution in [0, 0.1) is 5.82 Å². The summed E-state index contributed by atoms with van der Waals surface area (Å²) in [5.41, 5.74) is 0.356. The first kappa shape index (κ1) is 12.7. The predicted molar refractivity (Wildman–Crippen MR) is 71.9 cm³/mol. The molecule has 0 radical (unpaired) electrons. The molecule has 2 aromatic rings. The lowest BCUT2D eigenvalue weighted by Crippen LogP contribution is -2.41. The first-order valence-corrected chi connectivity index (χ1v) is 6.33. The highest BCUT2D eigenvalue weighted by Crippen LogP contribution is 2.37. The summed E-state index contributed by atoms with van der Waals surface area (Å²) in [6, 6.07) is 4.68. The second-order valence-electron chi connectivity index (χ2n) is 5.89. The third kappa shape index (κ3) is 1.80. The van der Waals surface area contributed by atoms with Gasteiger partial charge in [0.05, 0.1) is 22.9 Å². The molecule has 0 aliphatic carbocycles. The fourth-order valence-electron chi connectivity index (χ4n) is 2.20. The number of halogens is 1. The van der Waals surface area contributed by atoms with Crippen LogP contribution in [0.25, 0.3) is 11.0 Å². The number of furan rings is 1. The van der Waals surface area contributed by atoms with Crippen LogP contribution < -0.4 is 5.46 Å². The molecule has 1 aromatic carbocycles. The Kier molecular flexibility index (Phi) is 2.56. The number of hydrogen-bond acceptors (Lipinski definition) is 3. The van der Waals surface area contributed by atoms with Gasteiger partial charge in [0.15, 0.2) is 0 Å². The van der Waals surface area contributed by atoms with Crippen molar-refractivity contribution in [1.82, 2.24) is 0 Å². The number of benzene rings is 1. The summed E-state index contributed by atoms with van der Waals surface area (Å²) in [4.78, 5) is 0. The van der Waals surface area contributed by atoms with Gasteiger partial charge in [-0.05, 0) is 39.8 Å². The Morgan fingerprint density at radius 1 is 1.00 bits per heavy atom. The largest absolute Gasteiger partial charge is 0.498 e. The Labute approximate surface area is 111 Å². The van der Waals surface area contributed by atoms with E-state index in [2.05, 4.69) is 0 Å². The van der Waals surface area contributed by atoms with Gasteiger partial charge in [0, 0.05) is 5.46 Å². The van der Waals surface area contributed by atoms with Gasteiger partial charge in [-0.1, -0.05) is 6.07 Å². The molecule has 100 valence electrons. The molecular formula is C14H16BFO3. The van der Waals surface area contributed by atoms with Gasteiger partial charge >= 0.3 is 7.12 Å². The molecule has 1 saturated heterocycles. The van der Waals surface area contributed by atoms with E-state index in [0.29, 0.717) is 11.0 Å². The molecule has 0 bridgehead atoms. The quantitative estimate of drug-likeness (QED) is 0.740. The van der Waals surface area contributed by atoms with Crippen LogP contribution in [0.2, 0.25) is 0 Å². The Morgan fingerprint density at radius 3 is 2.26 bits per heavy atom. The van der Waals surface area contributed by atoms with Crippen LogP contribution in [0.1, 0.15) is 27.7 Å².